The number of hydrogen-bond acceptors (Lipinski definition) is 5. The van der Waals surface area contributed by atoms with Gasteiger partial charge in [-0.05, 0) is 59.3 Å². The molecule has 7 nitrogen and oxygen atoms in total. The van der Waals surface area contributed by atoms with E-state index in [4.69, 9.17) is 27.9 Å². The van der Waals surface area contributed by atoms with Gasteiger partial charge >= 0.3 is 5.97 Å². The highest BCUT2D eigenvalue weighted by atomic mass is 35.5. The predicted molar refractivity (Wildman–Crippen MR) is 140 cm³/mol. The van der Waals surface area contributed by atoms with Crippen LogP contribution in [0.5, 0.6) is 5.75 Å². The van der Waals surface area contributed by atoms with Crippen LogP contribution < -0.4 is 15.5 Å². The summed E-state index contributed by atoms with van der Waals surface area (Å²) in [5.74, 6) is -1.28. The minimum atomic E-state index is -0.565. The third kappa shape index (κ3) is 6.27. The lowest BCUT2D eigenvalue weighted by Gasteiger charge is -2.11. The molecule has 0 radical (unpaired) electrons. The fraction of sp³-hybridized carbons (Fsp3) is 0.0370. The van der Waals surface area contributed by atoms with Gasteiger partial charge in [0.1, 0.15) is 5.75 Å². The van der Waals surface area contributed by atoms with Crippen LogP contribution in [-0.2, 0) is 4.79 Å². The normalized spacial score (nSPS) is 10.8. The first kappa shape index (κ1) is 24.9. The molecule has 0 heterocycles. The van der Waals surface area contributed by atoms with Gasteiger partial charge in [-0.2, -0.15) is 5.10 Å². The van der Waals surface area contributed by atoms with Crippen LogP contribution in [-0.4, -0.2) is 30.5 Å². The molecular formula is C27H19Cl2N3O4. The zero-order chi connectivity index (χ0) is 25.5. The first-order valence-corrected chi connectivity index (χ1v) is 11.5. The van der Waals surface area contributed by atoms with E-state index in [-0.39, 0.29) is 12.3 Å². The molecular weight excluding hydrogens is 501 g/mol. The fourth-order valence-corrected chi connectivity index (χ4v) is 3.66. The maximum absolute atomic E-state index is 12.7. The number of carbonyl (C=O) groups is 3. The Bertz CT molecular complexity index is 1470. The molecule has 0 bridgehead atoms. The number of nitrogens with zero attached hydrogens (tertiary/aromatic N) is 1. The molecule has 36 heavy (non-hydrogen) atoms. The summed E-state index contributed by atoms with van der Waals surface area (Å²) in [4.78, 5) is 37.0. The highest BCUT2D eigenvalue weighted by Gasteiger charge is 2.14. The molecule has 0 atom stereocenters. The lowest BCUT2D eigenvalue weighted by molar-refractivity contribution is -0.120. The molecule has 4 aromatic rings. The van der Waals surface area contributed by atoms with E-state index < -0.39 is 17.8 Å². The molecule has 0 aliphatic rings. The summed E-state index contributed by atoms with van der Waals surface area (Å²) in [6.45, 7) is -0.295. The van der Waals surface area contributed by atoms with Gasteiger partial charge in [-0.3, -0.25) is 9.59 Å². The molecule has 0 fully saturated rings. The summed E-state index contributed by atoms with van der Waals surface area (Å²) >= 11 is 11.8. The first-order chi connectivity index (χ1) is 17.4. The number of hydrazone groups is 1. The van der Waals surface area contributed by atoms with Crippen LogP contribution in [0.15, 0.2) is 90.0 Å². The van der Waals surface area contributed by atoms with E-state index >= 15 is 0 Å². The zero-order valence-corrected chi connectivity index (χ0v) is 20.2. The van der Waals surface area contributed by atoms with Gasteiger partial charge in [-0.1, -0.05) is 59.6 Å². The Kier molecular flexibility index (Phi) is 7.95. The second kappa shape index (κ2) is 11.5. The molecule has 0 aliphatic carbocycles. The number of amides is 2. The van der Waals surface area contributed by atoms with Crippen molar-refractivity contribution in [2.75, 3.05) is 6.54 Å². The van der Waals surface area contributed by atoms with Crippen molar-refractivity contribution in [2.45, 2.75) is 0 Å². The van der Waals surface area contributed by atoms with Crippen molar-refractivity contribution in [1.29, 1.82) is 0 Å². The van der Waals surface area contributed by atoms with Crippen LogP contribution in [0, 0.1) is 0 Å². The lowest BCUT2D eigenvalue weighted by atomic mass is 10.0. The van der Waals surface area contributed by atoms with Gasteiger partial charge in [0.25, 0.3) is 11.8 Å². The molecule has 0 saturated heterocycles. The number of esters is 1. The molecule has 9 heteroatoms. The predicted octanol–water partition coefficient (Wildman–Crippen LogP) is 5.25. The Balaban J connectivity index is 1.47. The zero-order valence-electron chi connectivity index (χ0n) is 18.7. The Morgan fingerprint density at radius 1 is 0.833 bits per heavy atom. The van der Waals surface area contributed by atoms with E-state index in [0.717, 1.165) is 10.8 Å². The Morgan fingerprint density at radius 2 is 1.61 bits per heavy atom. The van der Waals surface area contributed by atoms with Crippen molar-refractivity contribution in [3.8, 4) is 5.75 Å². The molecule has 0 spiro atoms. The van der Waals surface area contributed by atoms with Crippen LogP contribution in [0.4, 0.5) is 0 Å². The summed E-state index contributed by atoms with van der Waals surface area (Å²) in [6, 6.07) is 23.7. The average Bonchev–Trinajstić information content (AvgIpc) is 2.88. The van der Waals surface area contributed by atoms with Gasteiger partial charge in [0, 0.05) is 21.2 Å². The molecule has 4 aromatic carbocycles. The van der Waals surface area contributed by atoms with E-state index in [0.29, 0.717) is 26.7 Å². The minimum Gasteiger partial charge on any atom is -0.422 e. The van der Waals surface area contributed by atoms with E-state index in [1.54, 1.807) is 48.5 Å². The van der Waals surface area contributed by atoms with Crippen molar-refractivity contribution >= 4 is 58.0 Å². The van der Waals surface area contributed by atoms with Crippen LogP contribution in [0.25, 0.3) is 10.8 Å². The number of rotatable bonds is 7. The molecule has 4 rings (SSSR count). The molecule has 0 aromatic heterocycles. The Hall–Kier alpha value is -4.20. The number of hydrogen-bond donors (Lipinski definition) is 2. The summed E-state index contributed by atoms with van der Waals surface area (Å²) < 4.78 is 5.62. The van der Waals surface area contributed by atoms with Gasteiger partial charge < -0.3 is 10.1 Å². The minimum absolute atomic E-state index is 0.265. The van der Waals surface area contributed by atoms with E-state index in [9.17, 15) is 14.4 Å². The molecule has 2 N–H and O–H groups in total. The van der Waals surface area contributed by atoms with Gasteiger partial charge in [0.15, 0.2) is 0 Å². The largest absolute Gasteiger partial charge is 0.422 e. The molecule has 0 aliphatic heterocycles. The number of nitrogens with one attached hydrogen (secondary N) is 2. The van der Waals surface area contributed by atoms with Crippen LogP contribution >= 0.6 is 23.2 Å². The van der Waals surface area contributed by atoms with Gasteiger partial charge in [0.2, 0.25) is 0 Å². The van der Waals surface area contributed by atoms with E-state index in [2.05, 4.69) is 15.8 Å². The summed E-state index contributed by atoms with van der Waals surface area (Å²) in [5, 5.41) is 9.09. The lowest BCUT2D eigenvalue weighted by Crippen LogP contribution is -2.34. The molecule has 2 amide bonds. The quantitative estimate of drug-likeness (QED) is 0.151. The number of ether oxygens (including phenoxy) is 1. The number of fused-ring (bicyclic) bond motifs is 1. The van der Waals surface area contributed by atoms with Gasteiger partial charge in [-0.15, -0.1) is 0 Å². The van der Waals surface area contributed by atoms with Crippen molar-refractivity contribution in [3.05, 3.63) is 112 Å². The van der Waals surface area contributed by atoms with E-state index in [1.165, 1.54) is 12.3 Å². The Morgan fingerprint density at radius 3 is 2.39 bits per heavy atom. The maximum Gasteiger partial charge on any atom is 0.343 e. The topological polar surface area (TPSA) is 96.9 Å². The van der Waals surface area contributed by atoms with Crippen molar-refractivity contribution in [1.82, 2.24) is 10.7 Å². The SMILES string of the molecule is O=C(CNC(=O)c1cccc(Cl)c1)N/N=C\c1c(OC(=O)c2ccc(Cl)cc2)ccc2ccccc12. The molecule has 0 saturated carbocycles. The highest BCUT2D eigenvalue weighted by molar-refractivity contribution is 6.31. The number of benzene rings is 4. The molecule has 180 valence electrons. The summed E-state index contributed by atoms with van der Waals surface area (Å²) in [7, 11) is 0. The number of carbonyl (C=O) groups excluding carboxylic acids is 3. The Labute approximate surface area is 216 Å². The van der Waals surface area contributed by atoms with Crippen molar-refractivity contribution in [3.63, 3.8) is 0 Å². The molecule has 0 unspecified atom stereocenters. The standard InChI is InChI=1S/C27H19Cl2N3O4/c28-20-11-8-18(9-12-20)27(35)36-24-13-10-17-4-1-2-7-22(17)23(24)15-31-32-25(33)16-30-26(34)19-5-3-6-21(29)14-19/h1-15H,16H2,(H,30,34)(H,32,33)/b31-15-. The highest BCUT2D eigenvalue weighted by Crippen LogP contribution is 2.27. The monoisotopic (exact) mass is 519 g/mol. The van der Waals surface area contributed by atoms with Crippen molar-refractivity contribution in [2.24, 2.45) is 5.10 Å². The summed E-state index contributed by atoms with van der Waals surface area (Å²) in [5.41, 5.74) is 3.53. The number of halogens is 2. The van der Waals surface area contributed by atoms with Gasteiger partial charge in [0.05, 0.1) is 18.3 Å². The first-order valence-electron chi connectivity index (χ1n) is 10.8. The van der Waals surface area contributed by atoms with Crippen LogP contribution in [0.1, 0.15) is 26.3 Å². The average molecular weight is 520 g/mol. The van der Waals surface area contributed by atoms with Crippen LogP contribution in [0.2, 0.25) is 10.0 Å². The maximum atomic E-state index is 12.7. The van der Waals surface area contributed by atoms with Gasteiger partial charge in [-0.25, -0.2) is 10.2 Å². The second-order valence-corrected chi connectivity index (χ2v) is 8.45. The fourth-order valence-electron chi connectivity index (χ4n) is 3.34. The van der Waals surface area contributed by atoms with Crippen LogP contribution in [0.3, 0.4) is 0 Å². The smallest absolute Gasteiger partial charge is 0.343 e. The third-order valence-electron chi connectivity index (χ3n) is 5.09. The van der Waals surface area contributed by atoms with Crippen molar-refractivity contribution < 1.29 is 19.1 Å². The second-order valence-electron chi connectivity index (χ2n) is 7.58. The van der Waals surface area contributed by atoms with E-state index in [1.807, 2.05) is 30.3 Å². The third-order valence-corrected chi connectivity index (χ3v) is 5.58. The summed E-state index contributed by atoms with van der Waals surface area (Å²) in [6.07, 6.45) is 1.39.